The van der Waals surface area contributed by atoms with Crippen molar-refractivity contribution in [2.75, 3.05) is 0 Å². The van der Waals surface area contributed by atoms with Crippen molar-refractivity contribution in [1.82, 2.24) is 0 Å². The Bertz CT molecular complexity index is 458. The fraction of sp³-hybridized carbons (Fsp3) is 0.444. The molecule has 0 fully saturated rings. The molecule has 1 aromatic rings. The molecule has 112 valence electrons. The molecule has 2 nitrogen and oxygen atoms in total. The number of benzene rings is 1. The standard InChI is InChI=1S/C16H23NO.C2H6/c1-4-6-13-8-9-15(12(3)10-13)16(18)11-14(17)7-5-2;1-2/h7-11,18H,4-6,17H2,1-3H3;1-2H3/b14-7-,16-11+;. The smallest absolute Gasteiger partial charge is 0.125 e. The lowest BCUT2D eigenvalue weighted by Gasteiger charge is -2.08. The summed E-state index contributed by atoms with van der Waals surface area (Å²) in [6.45, 7) is 10.2. The van der Waals surface area contributed by atoms with E-state index in [2.05, 4.69) is 19.1 Å². The Balaban J connectivity index is 0.00000172. The van der Waals surface area contributed by atoms with Crippen LogP contribution in [0.1, 0.15) is 57.2 Å². The Hall–Kier alpha value is -1.70. The number of aliphatic hydroxyl groups excluding tert-OH is 1. The van der Waals surface area contributed by atoms with E-state index >= 15 is 0 Å². The van der Waals surface area contributed by atoms with Crippen molar-refractivity contribution in [1.29, 1.82) is 0 Å². The van der Waals surface area contributed by atoms with Gasteiger partial charge in [-0.2, -0.15) is 0 Å². The Labute approximate surface area is 124 Å². The van der Waals surface area contributed by atoms with Gasteiger partial charge in [0.1, 0.15) is 5.76 Å². The van der Waals surface area contributed by atoms with Crippen molar-refractivity contribution in [3.8, 4) is 0 Å². The van der Waals surface area contributed by atoms with Gasteiger partial charge in [-0.1, -0.05) is 58.4 Å². The largest absolute Gasteiger partial charge is 0.507 e. The summed E-state index contributed by atoms with van der Waals surface area (Å²) < 4.78 is 0. The normalized spacial score (nSPS) is 11.8. The molecule has 0 spiro atoms. The molecule has 0 bridgehead atoms. The topological polar surface area (TPSA) is 46.2 Å². The first kappa shape index (κ1) is 18.3. The van der Waals surface area contributed by atoms with Gasteiger partial charge >= 0.3 is 0 Å². The minimum Gasteiger partial charge on any atom is -0.507 e. The third-order valence-corrected chi connectivity index (χ3v) is 2.85. The van der Waals surface area contributed by atoms with E-state index in [4.69, 9.17) is 5.73 Å². The van der Waals surface area contributed by atoms with Crippen LogP contribution in [-0.2, 0) is 6.42 Å². The van der Waals surface area contributed by atoms with Gasteiger partial charge < -0.3 is 10.8 Å². The molecule has 3 N–H and O–H groups in total. The van der Waals surface area contributed by atoms with Gasteiger partial charge in [-0.3, -0.25) is 0 Å². The van der Waals surface area contributed by atoms with Gasteiger partial charge in [-0.25, -0.2) is 0 Å². The summed E-state index contributed by atoms with van der Waals surface area (Å²) in [7, 11) is 0. The average molecular weight is 275 g/mol. The third kappa shape index (κ3) is 5.96. The van der Waals surface area contributed by atoms with Crippen LogP contribution in [0.25, 0.3) is 5.76 Å². The lowest BCUT2D eigenvalue weighted by molar-refractivity contribution is 0.510. The monoisotopic (exact) mass is 275 g/mol. The second kappa shape index (κ2) is 10.1. The highest BCUT2D eigenvalue weighted by Gasteiger charge is 2.04. The predicted molar refractivity (Wildman–Crippen MR) is 89.7 cm³/mol. The first-order chi connectivity index (χ1) is 9.58. The molecule has 0 aliphatic carbocycles. The quantitative estimate of drug-likeness (QED) is 0.578. The molecular weight excluding hydrogens is 246 g/mol. The Morgan fingerprint density at radius 2 is 1.90 bits per heavy atom. The highest BCUT2D eigenvalue weighted by atomic mass is 16.3. The first-order valence-electron chi connectivity index (χ1n) is 7.54. The van der Waals surface area contributed by atoms with E-state index in [1.807, 2.05) is 39.8 Å². The van der Waals surface area contributed by atoms with Crippen LogP contribution in [0.4, 0.5) is 0 Å². The van der Waals surface area contributed by atoms with Crippen LogP contribution in [0.5, 0.6) is 0 Å². The van der Waals surface area contributed by atoms with Gasteiger partial charge in [0.2, 0.25) is 0 Å². The second-order valence-corrected chi connectivity index (χ2v) is 4.54. The number of aliphatic hydroxyl groups is 1. The van der Waals surface area contributed by atoms with Gasteiger partial charge in [0, 0.05) is 17.3 Å². The molecule has 0 radical (unpaired) electrons. The van der Waals surface area contributed by atoms with Crippen LogP contribution in [-0.4, -0.2) is 5.11 Å². The van der Waals surface area contributed by atoms with Crippen molar-refractivity contribution < 1.29 is 5.11 Å². The minimum absolute atomic E-state index is 0.234. The average Bonchev–Trinajstić information content (AvgIpc) is 2.41. The zero-order chi connectivity index (χ0) is 15.5. The molecule has 0 aliphatic heterocycles. The van der Waals surface area contributed by atoms with Crippen LogP contribution in [0.3, 0.4) is 0 Å². The Morgan fingerprint density at radius 3 is 2.40 bits per heavy atom. The van der Waals surface area contributed by atoms with Gasteiger partial charge in [0.05, 0.1) is 0 Å². The predicted octanol–water partition coefficient (Wildman–Crippen LogP) is 5.13. The Kier molecular flexibility index (Phi) is 9.27. The number of aryl methyl sites for hydroxylation is 2. The highest BCUT2D eigenvalue weighted by molar-refractivity contribution is 5.64. The second-order valence-electron chi connectivity index (χ2n) is 4.54. The SMILES string of the molecule is CC.CC/C=C(N)/C=C(/O)c1ccc(CCC)cc1C. The van der Waals surface area contributed by atoms with Gasteiger partial charge in [-0.05, 0) is 30.9 Å². The van der Waals surface area contributed by atoms with Crippen LogP contribution in [0, 0.1) is 6.92 Å². The summed E-state index contributed by atoms with van der Waals surface area (Å²) in [5, 5.41) is 10.1. The van der Waals surface area contributed by atoms with Crippen molar-refractivity contribution in [2.24, 2.45) is 5.73 Å². The first-order valence-corrected chi connectivity index (χ1v) is 7.54. The fourth-order valence-electron chi connectivity index (χ4n) is 1.99. The van der Waals surface area contributed by atoms with Crippen LogP contribution < -0.4 is 5.73 Å². The van der Waals surface area contributed by atoms with Gasteiger partial charge in [0.25, 0.3) is 0 Å². The summed E-state index contributed by atoms with van der Waals surface area (Å²) in [6, 6.07) is 6.16. The molecule has 2 heteroatoms. The number of hydrogen-bond acceptors (Lipinski definition) is 2. The molecule has 0 aromatic heterocycles. The molecule has 0 atom stereocenters. The van der Waals surface area contributed by atoms with Crippen LogP contribution in [0.15, 0.2) is 36.0 Å². The molecule has 0 aliphatic rings. The van der Waals surface area contributed by atoms with Crippen molar-refractivity contribution in [3.05, 3.63) is 52.7 Å². The van der Waals surface area contributed by atoms with E-state index < -0.39 is 0 Å². The van der Waals surface area contributed by atoms with Gasteiger partial charge in [0.15, 0.2) is 0 Å². The van der Waals surface area contributed by atoms with E-state index in [9.17, 15) is 5.11 Å². The molecule has 1 rings (SSSR count). The number of allylic oxidation sites excluding steroid dienone is 2. The molecular formula is C18H29NO. The summed E-state index contributed by atoms with van der Waals surface area (Å²) in [4.78, 5) is 0. The molecule has 0 unspecified atom stereocenters. The van der Waals surface area contributed by atoms with Crippen molar-refractivity contribution in [2.45, 2.75) is 53.9 Å². The van der Waals surface area contributed by atoms with E-state index in [0.29, 0.717) is 5.70 Å². The maximum atomic E-state index is 10.1. The van der Waals surface area contributed by atoms with Crippen molar-refractivity contribution >= 4 is 5.76 Å². The highest BCUT2D eigenvalue weighted by Crippen LogP contribution is 2.19. The zero-order valence-corrected chi connectivity index (χ0v) is 13.5. The summed E-state index contributed by atoms with van der Waals surface area (Å²) >= 11 is 0. The van der Waals surface area contributed by atoms with Crippen LogP contribution in [0.2, 0.25) is 0 Å². The zero-order valence-electron chi connectivity index (χ0n) is 13.5. The van der Waals surface area contributed by atoms with E-state index in [0.717, 1.165) is 30.4 Å². The number of rotatable bonds is 5. The Morgan fingerprint density at radius 1 is 1.25 bits per heavy atom. The molecule has 1 aromatic carbocycles. The van der Waals surface area contributed by atoms with Crippen molar-refractivity contribution in [3.63, 3.8) is 0 Å². The lowest BCUT2D eigenvalue weighted by atomic mass is 10.0. The third-order valence-electron chi connectivity index (χ3n) is 2.85. The van der Waals surface area contributed by atoms with Crippen LogP contribution >= 0.6 is 0 Å². The molecule has 20 heavy (non-hydrogen) atoms. The number of nitrogens with two attached hydrogens (primary N) is 1. The molecule has 0 heterocycles. The molecule has 0 saturated heterocycles. The van der Waals surface area contributed by atoms with E-state index in [1.54, 1.807) is 6.08 Å². The fourth-order valence-corrected chi connectivity index (χ4v) is 1.99. The minimum atomic E-state index is 0.234. The summed E-state index contributed by atoms with van der Waals surface area (Å²) in [6.07, 6.45) is 6.57. The number of hydrogen-bond donors (Lipinski definition) is 2. The van der Waals surface area contributed by atoms with E-state index in [-0.39, 0.29) is 5.76 Å². The molecule has 0 saturated carbocycles. The lowest BCUT2D eigenvalue weighted by Crippen LogP contribution is -1.96. The van der Waals surface area contributed by atoms with E-state index in [1.165, 1.54) is 5.56 Å². The maximum absolute atomic E-state index is 10.1. The molecule has 0 amide bonds. The van der Waals surface area contributed by atoms with Gasteiger partial charge in [-0.15, -0.1) is 0 Å². The summed E-state index contributed by atoms with van der Waals surface area (Å²) in [5.74, 6) is 0.234. The summed E-state index contributed by atoms with van der Waals surface area (Å²) in [5.41, 5.74) is 9.62. The maximum Gasteiger partial charge on any atom is 0.125 e.